The summed E-state index contributed by atoms with van der Waals surface area (Å²) in [5.41, 5.74) is 0. The molecule has 0 bridgehead atoms. The van der Waals surface area contributed by atoms with Crippen LogP contribution >= 0.6 is 11.3 Å². The van der Waals surface area contributed by atoms with Gasteiger partial charge in [-0.1, -0.05) is 6.92 Å². The van der Waals surface area contributed by atoms with Crippen molar-refractivity contribution in [3.05, 3.63) is 16.6 Å². The first-order valence-electron chi connectivity index (χ1n) is 5.53. The van der Waals surface area contributed by atoms with Crippen LogP contribution in [0, 0.1) is 0 Å². The van der Waals surface area contributed by atoms with E-state index >= 15 is 0 Å². The molecule has 1 heterocycles. The van der Waals surface area contributed by atoms with Crippen LogP contribution in [0.15, 0.2) is 11.6 Å². The van der Waals surface area contributed by atoms with Gasteiger partial charge in [0.2, 0.25) is 5.91 Å². The average molecular weight is 258 g/mol. The van der Waals surface area contributed by atoms with Gasteiger partial charge >= 0.3 is 0 Å². The molecule has 0 radical (unpaired) electrons. The molecule has 0 spiro atoms. The Hall–Kier alpha value is -0.980. The fraction of sp³-hybridized carbons (Fsp3) is 0.636. The summed E-state index contributed by atoms with van der Waals surface area (Å²) in [5.74, 6) is -0.122. The third-order valence-electron chi connectivity index (χ3n) is 2.16. The number of aromatic nitrogens is 1. The third kappa shape index (κ3) is 5.25. The van der Waals surface area contributed by atoms with E-state index in [0.29, 0.717) is 13.2 Å². The minimum Gasteiger partial charge on any atom is -0.382 e. The van der Waals surface area contributed by atoms with E-state index in [9.17, 15) is 4.79 Å². The zero-order chi connectivity index (χ0) is 12.5. The Labute approximate surface area is 105 Å². The van der Waals surface area contributed by atoms with E-state index in [4.69, 9.17) is 9.47 Å². The summed E-state index contributed by atoms with van der Waals surface area (Å²) >= 11 is 1.54. The lowest BCUT2D eigenvalue weighted by Crippen LogP contribution is -2.31. The van der Waals surface area contributed by atoms with Crippen molar-refractivity contribution in [2.24, 2.45) is 0 Å². The molecule has 0 saturated carbocycles. The van der Waals surface area contributed by atoms with Gasteiger partial charge in [0.05, 0.1) is 19.3 Å². The molecule has 0 aliphatic carbocycles. The van der Waals surface area contributed by atoms with Crippen LogP contribution in [-0.2, 0) is 14.3 Å². The molecule has 0 aliphatic heterocycles. The largest absolute Gasteiger partial charge is 0.382 e. The molecule has 6 heteroatoms. The Balaban J connectivity index is 2.28. The monoisotopic (exact) mass is 258 g/mol. The standard InChI is InChI=1S/C11H18N2O3S/c1-3-9(11-12-4-7-17-11)13-10(14)8-16-6-5-15-2/h4,7,9H,3,5-6,8H2,1-2H3,(H,13,14). The van der Waals surface area contributed by atoms with Gasteiger partial charge in [-0.3, -0.25) is 4.79 Å². The molecule has 1 N–H and O–H groups in total. The second-order valence-electron chi connectivity index (χ2n) is 3.44. The van der Waals surface area contributed by atoms with E-state index in [0.717, 1.165) is 11.4 Å². The predicted octanol–water partition coefficient (Wildman–Crippen LogP) is 1.37. The Bertz CT molecular complexity index is 317. The summed E-state index contributed by atoms with van der Waals surface area (Å²) in [4.78, 5) is 15.8. The topological polar surface area (TPSA) is 60.5 Å². The summed E-state index contributed by atoms with van der Waals surface area (Å²) < 4.78 is 9.96. The van der Waals surface area contributed by atoms with Gasteiger partial charge < -0.3 is 14.8 Å². The number of amides is 1. The fourth-order valence-corrected chi connectivity index (χ4v) is 2.06. The molecular weight excluding hydrogens is 240 g/mol. The maximum absolute atomic E-state index is 11.6. The highest BCUT2D eigenvalue weighted by Crippen LogP contribution is 2.18. The predicted molar refractivity (Wildman–Crippen MR) is 66.0 cm³/mol. The molecule has 17 heavy (non-hydrogen) atoms. The van der Waals surface area contributed by atoms with Crippen molar-refractivity contribution in [2.45, 2.75) is 19.4 Å². The van der Waals surface area contributed by atoms with E-state index < -0.39 is 0 Å². The zero-order valence-electron chi connectivity index (χ0n) is 10.1. The summed E-state index contributed by atoms with van der Waals surface area (Å²) in [6.07, 6.45) is 2.56. The van der Waals surface area contributed by atoms with E-state index in [-0.39, 0.29) is 18.6 Å². The van der Waals surface area contributed by atoms with Gasteiger partial charge in [0, 0.05) is 18.7 Å². The van der Waals surface area contributed by atoms with E-state index in [1.807, 2.05) is 12.3 Å². The number of nitrogens with one attached hydrogen (secondary N) is 1. The minimum absolute atomic E-state index is 0.0199. The molecule has 1 amide bonds. The van der Waals surface area contributed by atoms with E-state index in [2.05, 4.69) is 10.3 Å². The van der Waals surface area contributed by atoms with Crippen molar-refractivity contribution < 1.29 is 14.3 Å². The van der Waals surface area contributed by atoms with Crippen LogP contribution in [0.25, 0.3) is 0 Å². The Morgan fingerprint density at radius 3 is 3.00 bits per heavy atom. The van der Waals surface area contributed by atoms with E-state index in [1.165, 1.54) is 0 Å². The Morgan fingerprint density at radius 2 is 2.41 bits per heavy atom. The van der Waals surface area contributed by atoms with Crippen molar-refractivity contribution >= 4 is 17.2 Å². The normalized spacial score (nSPS) is 12.4. The van der Waals surface area contributed by atoms with Gasteiger partial charge in [0.1, 0.15) is 11.6 Å². The van der Waals surface area contributed by atoms with Crippen LogP contribution in [0.1, 0.15) is 24.4 Å². The molecule has 1 aromatic heterocycles. The lowest BCUT2D eigenvalue weighted by Gasteiger charge is -2.14. The second kappa shape index (κ2) is 8.16. The van der Waals surface area contributed by atoms with Crippen LogP contribution < -0.4 is 5.32 Å². The first-order valence-corrected chi connectivity index (χ1v) is 6.41. The molecule has 1 unspecified atom stereocenters. The van der Waals surface area contributed by atoms with Crippen molar-refractivity contribution in [3.8, 4) is 0 Å². The molecule has 0 saturated heterocycles. The number of rotatable bonds is 8. The Morgan fingerprint density at radius 1 is 1.59 bits per heavy atom. The third-order valence-corrected chi connectivity index (χ3v) is 3.05. The van der Waals surface area contributed by atoms with Crippen molar-refractivity contribution in [1.29, 1.82) is 0 Å². The highest BCUT2D eigenvalue weighted by atomic mass is 32.1. The van der Waals surface area contributed by atoms with Gasteiger partial charge in [-0.15, -0.1) is 11.3 Å². The number of hydrogen-bond donors (Lipinski definition) is 1. The lowest BCUT2D eigenvalue weighted by molar-refractivity contribution is -0.126. The zero-order valence-corrected chi connectivity index (χ0v) is 11.0. The second-order valence-corrected chi connectivity index (χ2v) is 4.37. The van der Waals surface area contributed by atoms with Gasteiger partial charge in [-0.2, -0.15) is 0 Å². The lowest BCUT2D eigenvalue weighted by atomic mass is 10.2. The summed E-state index contributed by atoms with van der Waals surface area (Å²) in [7, 11) is 1.60. The van der Waals surface area contributed by atoms with Crippen LogP contribution in [0.3, 0.4) is 0 Å². The number of carbonyl (C=O) groups excluding carboxylic acids is 1. The highest BCUT2D eigenvalue weighted by Gasteiger charge is 2.14. The molecule has 1 rings (SSSR count). The van der Waals surface area contributed by atoms with Crippen LogP contribution in [0.2, 0.25) is 0 Å². The van der Waals surface area contributed by atoms with Gasteiger partial charge in [0.15, 0.2) is 0 Å². The molecule has 0 aliphatic rings. The van der Waals surface area contributed by atoms with Crippen molar-refractivity contribution in [2.75, 3.05) is 26.9 Å². The molecule has 96 valence electrons. The first-order chi connectivity index (χ1) is 8.27. The molecule has 0 aromatic carbocycles. The minimum atomic E-state index is -0.122. The Kier molecular flexibility index (Phi) is 6.76. The summed E-state index contributed by atoms with van der Waals surface area (Å²) in [6.45, 7) is 3.00. The molecule has 1 aromatic rings. The maximum Gasteiger partial charge on any atom is 0.246 e. The molecule has 1 atom stereocenters. The van der Waals surface area contributed by atoms with Crippen molar-refractivity contribution in [3.63, 3.8) is 0 Å². The molecular formula is C11H18N2O3S. The number of carbonyl (C=O) groups is 1. The number of methoxy groups -OCH3 is 1. The smallest absolute Gasteiger partial charge is 0.246 e. The molecule has 0 fully saturated rings. The number of nitrogens with zero attached hydrogens (tertiary/aromatic N) is 1. The maximum atomic E-state index is 11.6. The van der Waals surface area contributed by atoms with Crippen molar-refractivity contribution in [1.82, 2.24) is 10.3 Å². The first kappa shape index (κ1) is 14.1. The number of thiazole rings is 1. The fourth-order valence-electron chi connectivity index (χ4n) is 1.29. The number of hydrogen-bond acceptors (Lipinski definition) is 5. The summed E-state index contributed by atoms with van der Waals surface area (Å²) in [6, 6.07) is -0.0199. The quantitative estimate of drug-likeness (QED) is 0.715. The van der Waals surface area contributed by atoms with E-state index in [1.54, 1.807) is 24.6 Å². The SMILES string of the molecule is CCC(NC(=O)COCCOC)c1nccs1. The van der Waals surface area contributed by atoms with Gasteiger partial charge in [-0.05, 0) is 6.42 Å². The van der Waals surface area contributed by atoms with Gasteiger partial charge in [-0.25, -0.2) is 4.98 Å². The number of ether oxygens (including phenoxy) is 2. The summed E-state index contributed by atoms with van der Waals surface area (Å²) in [5, 5.41) is 5.72. The van der Waals surface area contributed by atoms with Crippen LogP contribution in [0.5, 0.6) is 0 Å². The highest BCUT2D eigenvalue weighted by molar-refractivity contribution is 7.09. The molecule has 5 nitrogen and oxygen atoms in total. The van der Waals surface area contributed by atoms with Gasteiger partial charge in [0.25, 0.3) is 0 Å². The van der Waals surface area contributed by atoms with Crippen LogP contribution in [0.4, 0.5) is 0 Å². The van der Waals surface area contributed by atoms with Crippen LogP contribution in [-0.4, -0.2) is 37.8 Å². The average Bonchev–Trinajstić information content (AvgIpc) is 2.85.